The molecule has 0 saturated carbocycles. The Bertz CT molecular complexity index is 423. The van der Waals surface area contributed by atoms with Gasteiger partial charge in [-0.05, 0) is 23.8 Å². The summed E-state index contributed by atoms with van der Waals surface area (Å²) in [6.07, 6.45) is -0.222. The summed E-state index contributed by atoms with van der Waals surface area (Å²) in [7, 11) is 1.46. The van der Waals surface area contributed by atoms with Crippen LogP contribution in [-0.2, 0) is 4.79 Å². The fourth-order valence-corrected chi connectivity index (χ4v) is 1.45. The Balaban J connectivity index is 2.71. The topological polar surface area (TPSA) is 38.3 Å². The minimum Gasteiger partial charge on any atom is -0.495 e. The predicted molar refractivity (Wildman–Crippen MR) is 65.1 cm³/mol. The lowest BCUT2D eigenvalue weighted by molar-refractivity contribution is -0.116. The fourth-order valence-electron chi connectivity index (χ4n) is 1.25. The molecule has 92 valence electrons. The molecule has 0 spiro atoms. The molecule has 0 aliphatic heterocycles. The molecule has 1 aromatic rings. The van der Waals surface area contributed by atoms with Crippen LogP contribution in [0.3, 0.4) is 0 Å². The Morgan fingerprint density at radius 3 is 3.00 bits per heavy atom. The second kappa shape index (κ2) is 6.25. The first-order valence-electron chi connectivity index (χ1n) is 4.96. The van der Waals surface area contributed by atoms with E-state index in [1.165, 1.54) is 13.2 Å². The van der Waals surface area contributed by atoms with Crippen LogP contribution in [0.1, 0.15) is 11.7 Å². The number of halogens is 2. The van der Waals surface area contributed by atoms with E-state index in [0.717, 1.165) is 6.08 Å². The molecule has 1 unspecified atom stereocenters. The fraction of sp³-hybridized carbons (Fsp3) is 0.250. The molecule has 1 N–H and O–H groups in total. The lowest BCUT2D eigenvalue weighted by Crippen LogP contribution is -2.25. The minimum absolute atomic E-state index is 0.115. The monoisotopic (exact) mass is 257 g/mol. The smallest absolute Gasteiger partial charge is 0.243 e. The van der Waals surface area contributed by atoms with Crippen molar-refractivity contribution >= 4 is 17.5 Å². The molecule has 5 heteroatoms. The number of carbonyl (C=O) groups is 1. The maximum Gasteiger partial charge on any atom is 0.243 e. The van der Waals surface area contributed by atoms with Crippen molar-refractivity contribution < 1.29 is 13.9 Å². The summed E-state index contributed by atoms with van der Waals surface area (Å²) >= 11 is 5.82. The third-order valence-corrected chi connectivity index (χ3v) is 2.49. The Morgan fingerprint density at radius 1 is 1.71 bits per heavy atom. The summed E-state index contributed by atoms with van der Waals surface area (Å²) in [5, 5.41) is 2.79. The average molecular weight is 258 g/mol. The molecule has 0 aliphatic rings. The highest BCUT2D eigenvalue weighted by molar-refractivity contribution is 6.32. The van der Waals surface area contributed by atoms with Gasteiger partial charge in [0, 0.05) is 0 Å². The van der Waals surface area contributed by atoms with Crippen molar-refractivity contribution in [3.8, 4) is 5.75 Å². The Kier molecular flexibility index (Phi) is 4.97. The van der Waals surface area contributed by atoms with Gasteiger partial charge in [0.15, 0.2) is 0 Å². The number of benzene rings is 1. The number of amides is 1. The van der Waals surface area contributed by atoms with Gasteiger partial charge in [0.25, 0.3) is 0 Å². The zero-order chi connectivity index (χ0) is 12.8. The molecule has 0 saturated heterocycles. The molecule has 0 fully saturated rings. The zero-order valence-corrected chi connectivity index (χ0v) is 10.1. The van der Waals surface area contributed by atoms with Crippen LogP contribution in [0.25, 0.3) is 0 Å². The van der Waals surface area contributed by atoms with E-state index in [2.05, 4.69) is 11.9 Å². The van der Waals surface area contributed by atoms with Gasteiger partial charge in [-0.25, -0.2) is 4.39 Å². The number of methoxy groups -OCH3 is 1. The van der Waals surface area contributed by atoms with E-state index in [0.29, 0.717) is 16.3 Å². The van der Waals surface area contributed by atoms with Crippen molar-refractivity contribution in [2.45, 2.75) is 6.17 Å². The number of hydrogen-bond donors (Lipinski definition) is 1. The van der Waals surface area contributed by atoms with Gasteiger partial charge in [-0.15, -0.1) is 0 Å². The second-order valence-corrected chi connectivity index (χ2v) is 3.72. The first-order chi connectivity index (χ1) is 8.08. The first kappa shape index (κ1) is 13.5. The van der Waals surface area contributed by atoms with Gasteiger partial charge in [0.05, 0.1) is 18.7 Å². The standard InChI is InChI=1S/C12H13ClFNO2/c1-3-12(16)15-7-10(14)8-4-5-9(13)11(6-8)17-2/h3-6,10H,1,7H2,2H3,(H,15,16). The quantitative estimate of drug-likeness (QED) is 0.824. The lowest BCUT2D eigenvalue weighted by atomic mass is 10.1. The SMILES string of the molecule is C=CC(=O)NCC(F)c1ccc(Cl)c(OC)c1. The second-order valence-electron chi connectivity index (χ2n) is 3.31. The highest BCUT2D eigenvalue weighted by atomic mass is 35.5. The van der Waals surface area contributed by atoms with E-state index in [4.69, 9.17) is 16.3 Å². The van der Waals surface area contributed by atoms with E-state index < -0.39 is 12.1 Å². The van der Waals surface area contributed by atoms with Gasteiger partial charge in [-0.2, -0.15) is 0 Å². The van der Waals surface area contributed by atoms with E-state index in [1.807, 2.05) is 0 Å². The van der Waals surface area contributed by atoms with Gasteiger partial charge in [0.1, 0.15) is 11.9 Å². The molecular weight excluding hydrogens is 245 g/mol. The summed E-state index contributed by atoms with van der Waals surface area (Å²) < 4.78 is 18.7. The summed E-state index contributed by atoms with van der Waals surface area (Å²) in [4.78, 5) is 10.9. The molecule has 17 heavy (non-hydrogen) atoms. The van der Waals surface area contributed by atoms with Crippen molar-refractivity contribution in [3.63, 3.8) is 0 Å². The normalized spacial score (nSPS) is 11.7. The highest BCUT2D eigenvalue weighted by Gasteiger charge is 2.12. The van der Waals surface area contributed by atoms with E-state index in [1.54, 1.807) is 12.1 Å². The third kappa shape index (κ3) is 3.75. The number of ether oxygens (including phenoxy) is 1. The summed E-state index contributed by atoms with van der Waals surface area (Å²) in [5.74, 6) is -0.00422. The molecule has 1 amide bonds. The molecule has 0 radical (unpaired) electrons. The van der Waals surface area contributed by atoms with Crippen LogP contribution >= 0.6 is 11.6 Å². The van der Waals surface area contributed by atoms with Crippen LogP contribution in [0.15, 0.2) is 30.9 Å². The third-order valence-electron chi connectivity index (χ3n) is 2.18. The lowest BCUT2D eigenvalue weighted by Gasteiger charge is -2.11. The van der Waals surface area contributed by atoms with Gasteiger partial charge in [-0.1, -0.05) is 24.2 Å². The minimum atomic E-state index is -1.31. The van der Waals surface area contributed by atoms with Gasteiger partial charge in [0.2, 0.25) is 5.91 Å². The maximum absolute atomic E-state index is 13.7. The Morgan fingerprint density at radius 2 is 2.41 bits per heavy atom. The van der Waals surface area contributed by atoms with Crippen LogP contribution in [0, 0.1) is 0 Å². The number of carbonyl (C=O) groups excluding carboxylic acids is 1. The zero-order valence-electron chi connectivity index (χ0n) is 9.37. The van der Waals surface area contributed by atoms with Crippen molar-refractivity contribution in [1.82, 2.24) is 5.32 Å². The Hall–Kier alpha value is -1.55. The predicted octanol–water partition coefficient (Wildman–Crippen LogP) is 2.66. The van der Waals surface area contributed by atoms with E-state index in [-0.39, 0.29) is 6.54 Å². The number of alkyl halides is 1. The van der Waals surface area contributed by atoms with E-state index in [9.17, 15) is 9.18 Å². The van der Waals surface area contributed by atoms with Gasteiger partial charge < -0.3 is 10.1 Å². The van der Waals surface area contributed by atoms with Crippen LogP contribution in [0.5, 0.6) is 5.75 Å². The van der Waals surface area contributed by atoms with E-state index >= 15 is 0 Å². The van der Waals surface area contributed by atoms with Crippen molar-refractivity contribution in [3.05, 3.63) is 41.4 Å². The number of nitrogens with one attached hydrogen (secondary N) is 1. The van der Waals surface area contributed by atoms with Crippen LogP contribution in [0.4, 0.5) is 4.39 Å². The van der Waals surface area contributed by atoms with Crippen LogP contribution in [0.2, 0.25) is 5.02 Å². The maximum atomic E-state index is 13.7. The van der Waals surface area contributed by atoms with Gasteiger partial charge >= 0.3 is 0 Å². The molecule has 0 heterocycles. The first-order valence-corrected chi connectivity index (χ1v) is 5.34. The summed E-state index contributed by atoms with van der Waals surface area (Å²) in [6, 6.07) is 4.61. The van der Waals surface area contributed by atoms with Crippen molar-refractivity contribution in [1.29, 1.82) is 0 Å². The van der Waals surface area contributed by atoms with Gasteiger partial charge in [-0.3, -0.25) is 4.79 Å². The molecule has 1 rings (SSSR count). The summed E-state index contributed by atoms with van der Waals surface area (Å²) in [5.41, 5.74) is 0.399. The summed E-state index contributed by atoms with van der Waals surface area (Å²) in [6.45, 7) is 3.16. The molecule has 0 aromatic heterocycles. The molecule has 1 aromatic carbocycles. The average Bonchev–Trinajstić information content (AvgIpc) is 2.35. The number of rotatable bonds is 5. The highest BCUT2D eigenvalue weighted by Crippen LogP contribution is 2.28. The van der Waals surface area contributed by atoms with Crippen molar-refractivity contribution in [2.24, 2.45) is 0 Å². The molecule has 0 aliphatic carbocycles. The Labute approximate surface area is 104 Å². The van der Waals surface area contributed by atoms with Crippen LogP contribution in [-0.4, -0.2) is 19.6 Å². The number of hydrogen-bond acceptors (Lipinski definition) is 2. The molecule has 0 bridgehead atoms. The largest absolute Gasteiger partial charge is 0.495 e. The molecular formula is C12H13ClFNO2. The molecule has 3 nitrogen and oxygen atoms in total. The van der Waals surface area contributed by atoms with Crippen LogP contribution < -0.4 is 10.1 Å². The molecule has 1 atom stereocenters. The van der Waals surface area contributed by atoms with Crippen molar-refractivity contribution in [2.75, 3.05) is 13.7 Å².